The number of aryl methyl sites for hydroxylation is 1. The van der Waals surface area contributed by atoms with Crippen molar-refractivity contribution in [1.82, 2.24) is 15.1 Å². The Labute approximate surface area is 245 Å². The smallest absolute Gasteiger partial charge is 0.324 e. The fraction of sp³-hybridized carbons (Fsp3) is 0.333. The Morgan fingerprint density at radius 1 is 0.976 bits per heavy atom. The van der Waals surface area contributed by atoms with Gasteiger partial charge in [-0.15, -0.1) is 0 Å². The van der Waals surface area contributed by atoms with Crippen LogP contribution in [0.1, 0.15) is 66.9 Å². The zero-order valence-electron chi connectivity index (χ0n) is 24.4. The van der Waals surface area contributed by atoms with E-state index in [1.54, 1.807) is 28.9 Å². The van der Waals surface area contributed by atoms with Crippen molar-refractivity contribution in [3.63, 3.8) is 0 Å². The Kier molecular flexibility index (Phi) is 8.40. The quantitative estimate of drug-likeness (QED) is 0.171. The van der Waals surface area contributed by atoms with E-state index >= 15 is 0 Å². The zero-order valence-corrected chi connectivity index (χ0v) is 24.4. The minimum absolute atomic E-state index is 0.0126. The molecule has 0 bridgehead atoms. The summed E-state index contributed by atoms with van der Waals surface area (Å²) >= 11 is 0. The topological polar surface area (TPSA) is 118 Å². The fourth-order valence-corrected chi connectivity index (χ4v) is 5.29. The van der Waals surface area contributed by atoms with Crippen molar-refractivity contribution in [3.05, 3.63) is 95.6 Å². The molecule has 0 radical (unpaired) electrons. The Hall–Kier alpha value is -4.50. The number of carbonyl (C=O) groups excluding carboxylic acids is 3. The van der Waals surface area contributed by atoms with Gasteiger partial charge in [-0.25, -0.2) is 9.48 Å². The maximum atomic E-state index is 13.6. The molecule has 5 rings (SSSR count). The molecule has 9 nitrogen and oxygen atoms in total. The summed E-state index contributed by atoms with van der Waals surface area (Å²) in [5.74, 6) is -1.24. The van der Waals surface area contributed by atoms with Gasteiger partial charge in [-0.05, 0) is 80.7 Å². The van der Waals surface area contributed by atoms with Gasteiger partial charge in [-0.3, -0.25) is 14.9 Å². The van der Waals surface area contributed by atoms with Gasteiger partial charge in [0.15, 0.2) is 5.76 Å². The fourth-order valence-electron chi connectivity index (χ4n) is 5.29. The van der Waals surface area contributed by atoms with Crippen LogP contribution in [0, 0.1) is 12.8 Å². The van der Waals surface area contributed by atoms with Crippen molar-refractivity contribution in [2.45, 2.75) is 51.9 Å². The number of piperidine rings is 1. The van der Waals surface area contributed by atoms with E-state index in [0.717, 1.165) is 42.9 Å². The highest BCUT2D eigenvalue weighted by atomic mass is 16.3. The third-order valence-corrected chi connectivity index (χ3v) is 7.61. The molecule has 0 spiro atoms. The summed E-state index contributed by atoms with van der Waals surface area (Å²) in [7, 11) is 0. The van der Waals surface area contributed by atoms with Crippen molar-refractivity contribution in [3.8, 4) is 5.69 Å². The summed E-state index contributed by atoms with van der Waals surface area (Å²) in [5, 5.41) is 13.9. The number of hydrogen-bond acceptors (Lipinski definition) is 6. The van der Waals surface area contributed by atoms with Crippen molar-refractivity contribution in [1.29, 1.82) is 0 Å². The Balaban J connectivity index is 1.39. The molecule has 3 heterocycles. The van der Waals surface area contributed by atoms with Crippen LogP contribution >= 0.6 is 0 Å². The van der Waals surface area contributed by atoms with E-state index in [1.807, 2.05) is 43.3 Å². The average Bonchev–Trinajstić information content (AvgIpc) is 3.65. The minimum atomic E-state index is -0.646. The van der Waals surface area contributed by atoms with Crippen LogP contribution in [0.2, 0.25) is 0 Å². The lowest BCUT2D eigenvalue weighted by atomic mass is 9.76. The monoisotopic (exact) mass is 567 g/mol. The number of nitrogens with zero attached hydrogens (tertiary/aromatic N) is 2. The molecule has 9 heteroatoms. The Morgan fingerprint density at radius 2 is 1.71 bits per heavy atom. The van der Waals surface area contributed by atoms with Gasteiger partial charge >= 0.3 is 6.03 Å². The van der Waals surface area contributed by atoms with Crippen LogP contribution in [0.25, 0.3) is 5.69 Å². The maximum Gasteiger partial charge on any atom is 0.324 e. The van der Waals surface area contributed by atoms with Gasteiger partial charge < -0.3 is 15.1 Å². The number of carbonyl (C=O) groups is 3. The molecule has 1 aliphatic heterocycles. The summed E-state index contributed by atoms with van der Waals surface area (Å²) < 4.78 is 6.96. The van der Waals surface area contributed by atoms with Crippen LogP contribution in [0.3, 0.4) is 0 Å². The van der Waals surface area contributed by atoms with Crippen LogP contribution in [0.15, 0.2) is 77.4 Å². The Morgan fingerprint density at radius 3 is 2.38 bits per heavy atom. The molecule has 2 aromatic carbocycles. The highest BCUT2D eigenvalue weighted by Gasteiger charge is 2.36. The SMILES string of the molecule is Cc1ccc(-n2nc(C(C)(C)C)cc2NC(=O)Nc2cccc(C(C(=O)C(=O)c3ccco3)C3CCNCC3)c2)cc1. The molecule has 1 fully saturated rings. The predicted molar refractivity (Wildman–Crippen MR) is 162 cm³/mol. The van der Waals surface area contributed by atoms with E-state index < -0.39 is 23.5 Å². The van der Waals surface area contributed by atoms with E-state index in [-0.39, 0.29) is 17.1 Å². The van der Waals surface area contributed by atoms with E-state index in [9.17, 15) is 14.4 Å². The van der Waals surface area contributed by atoms with Gasteiger partial charge in [0.25, 0.3) is 5.78 Å². The van der Waals surface area contributed by atoms with E-state index in [2.05, 4.69) is 36.7 Å². The number of amides is 2. The summed E-state index contributed by atoms with van der Waals surface area (Å²) in [4.78, 5) is 39.8. The second-order valence-corrected chi connectivity index (χ2v) is 11.9. The molecule has 3 N–H and O–H groups in total. The molecule has 1 atom stereocenters. The second-order valence-electron chi connectivity index (χ2n) is 11.9. The van der Waals surface area contributed by atoms with Crippen LogP contribution < -0.4 is 16.0 Å². The van der Waals surface area contributed by atoms with Gasteiger partial charge in [0.05, 0.1) is 23.6 Å². The molecule has 1 saturated heterocycles. The largest absolute Gasteiger partial charge is 0.461 e. The van der Waals surface area contributed by atoms with Crippen molar-refractivity contribution in [2.24, 2.45) is 5.92 Å². The average molecular weight is 568 g/mol. The zero-order chi connectivity index (χ0) is 29.9. The summed E-state index contributed by atoms with van der Waals surface area (Å²) in [6.07, 6.45) is 2.91. The van der Waals surface area contributed by atoms with Gasteiger partial charge in [0.1, 0.15) is 5.82 Å². The highest BCUT2D eigenvalue weighted by Crippen LogP contribution is 2.34. The van der Waals surface area contributed by atoms with Crippen molar-refractivity contribution >= 4 is 29.1 Å². The molecule has 2 amide bonds. The number of benzene rings is 2. The van der Waals surface area contributed by atoms with Crippen molar-refractivity contribution in [2.75, 3.05) is 23.7 Å². The summed E-state index contributed by atoms with van der Waals surface area (Å²) in [5.41, 5.74) is 3.77. The van der Waals surface area contributed by atoms with E-state index in [4.69, 9.17) is 9.52 Å². The first-order valence-electron chi connectivity index (χ1n) is 14.3. The molecule has 218 valence electrons. The molecule has 0 aliphatic carbocycles. The number of aromatic nitrogens is 2. The number of ketones is 2. The van der Waals surface area contributed by atoms with E-state index in [1.165, 1.54) is 12.3 Å². The summed E-state index contributed by atoms with van der Waals surface area (Å²) in [6, 6.07) is 19.6. The summed E-state index contributed by atoms with van der Waals surface area (Å²) in [6.45, 7) is 9.77. The van der Waals surface area contributed by atoms with Crippen LogP contribution in [-0.4, -0.2) is 40.5 Å². The first-order chi connectivity index (χ1) is 20.1. The normalized spacial score (nSPS) is 14.8. The first-order valence-corrected chi connectivity index (χ1v) is 14.3. The number of rotatable bonds is 8. The maximum absolute atomic E-state index is 13.6. The molecular weight excluding hydrogens is 530 g/mol. The third-order valence-electron chi connectivity index (χ3n) is 7.61. The Bertz CT molecular complexity index is 1560. The standard InChI is InChI=1S/C33H37N5O4/c1-21-10-12-25(13-11-21)38-28(20-27(37-38)33(2,3)4)36-32(41)35-24-8-5-7-23(19-24)29(22-14-16-34-17-15-22)31(40)30(39)26-9-6-18-42-26/h5-13,18-20,22,29,34H,14-17H2,1-4H3,(H2,35,36,41). The first kappa shape index (κ1) is 29.0. The van der Waals surface area contributed by atoms with Crippen LogP contribution in [0.5, 0.6) is 0 Å². The van der Waals surface area contributed by atoms with Crippen LogP contribution in [0.4, 0.5) is 16.3 Å². The predicted octanol–water partition coefficient (Wildman–Crippen LogP) is 6.25. The lowest BCUT2D eigenvalue weighted by molar-refractivity contribution is -0.117. The molecule has 1 aliphatic rings. The molecule has 1 unspecified atom stereocenters. The minimum Gasteiger partial charge on any atom is -0.461 e. The molecule has 42 heavy (non-hydrogen) atoms. The van der Waals surface area contributed by atoms with Gasteiger partial charge in [0, 0.05) is 17.2 Å². The number of Topliss-reactive ketones (excluding diaryl/α,β-unsaturated/α-hetero) is 2. The highest BCUT2D eigenvalue weighted by molar-refractivity contribution is 6.44. The third kappa shape index (κ3) is 6.52. The number of nitrogens with one attached hydrogen (secondary N) is 3. The number of hydrogen-bond donors (Lipinski definition) is 3. The van der Waals surface area contributed by atoms with E-state index in [0.29, 0.717) is 17.1 Å². The molecule has 0 saturated carbocycles. The molecule has 2 aromatic heterocycles. The lowest BCUT2D eigenvalue weighted by Gasteiger charge is -2.30. The van der Waals surface area contributed by atoms with Gasteiger partial charge in [-0.1, -0.05) is 50.6 Å². The van der Waals surface area contributed by atoms with Crippen LogP contribution in [-0.2, 0) is 10.2 Å². The number of furan rings is 1. The molecular formula is C33H37N5O4. The van der Waals surface area contributed by atoms with Gasteiger partial charge in [0.2, 0.25) is 5.78 Å². The second kappa shape index (κ2) is 12.2. The number of anilines is 2. The van der Waals surface area contributed by atoms with Crippen molar-refractivity contribution < 1.29 is 18.8 Å². The molecule has 4 aromatic rings. The number of urea groups is 1. The lowest BCUT2D eigenvalue weighted by Crippen LogP contribution is -2.36. The van der Waals surface area contributed by atoms with Gasteiger partial charge in [-0.2, -0.15) is 5.10 Å².